The standard InChI is InChI=1S/C22H17N3O/c23-17-11-13-18(14-12-17)26-22-19-8-4-5-9-20(19)24-21(25-22)15-10-16-6-2-1-3-7-16/h1-15H,23H2/b15-10+. The summed E-state index contributed by atoms with van der Waals surface area (Å²) in [4.78, 5) is 9.19. The number of anilines is 1. The second kappa shape index (κ2) is 7.07. The first kappa shape index (κ1) is 15.8. The zero-order chi connectivity index (χ0) is 17.8. The molecule has 0 aliphatic rings. The Balaban J connectivity index is 1.73. The molecule has 3 aromatic carbocycles. The Hall–Kier alpha value is -3.66. The van der Waals surface area contributed by atoms with E-state index in [0.29, 0.717) is 23.1 Å². The van der Waals surface area contributed by atoms with Crippen LogP contribution in [0.1, 0.15) is 11.4 Å². The quantitative estimate of drug-likeness (QED) is 0.521. The minimum atomic E-state index is 0.521. The van der Waals surface area contributed by atoms with Crippen LogP contribution in [-0.4, -0.2) is 9.97 Å². The zero-order valence-corrected chi connectivity index (χ0v) is 14.0. The molecule has 26 heavy (non-hydrogen) atoms. The highest BCUT2D eigenvalue weighted by Crippen LogP contribution is 2.28. The molecule has 0 aliphatic heterocycles. The van der Waals surface area contributed by atoms with Gasteiger partial charge in [-0.05, 0) is 48.0 Å². The molecule has 126 valence electrons. The summed E-state index contributed by atoms with van der Waals surface area (Å²) in [7, 11) is 0. The lowest BCUT2D eigenvalue weighted by Gasteiger charge is -2.09. The molecular weight excluding hydrogens is 322 g/mol. The van der Waals surface area contributed by atoms with Gasteiger partial charge in [0.1, 0.15) is 5.75 Å². The van der Waals surface area contributed by atoms with E-state index in [0.717, 1.165) is 16.5 Å². The van der Waals surface area contributed by atoms with Crippen molar-refractivity contribution in [2.75, 3.05) is 5.73 Å². The largest absolute Gasteiger partial charge is 0.438 e. The molecule has 4 heteroatoms. The maximum Gasteiger partial charge on any atom is 0.230 e. The topological polar surface area (TPSA) is 61.0 Å². The summed E-state index contributed by atoms with van der Waals surface area (Å²) < 4.78 is 6.00. The van der Waals surface area contributed by atoms with E-state index >= 15 is 0 Å². The van der Waals surface area contributed by atoms with Gasteiger partial charge in [0.15, 0.2) is 5.82 Å². The van der Waals surface area contributed by atoms with Crippen LogP contribution in [0.15, 0.2) is 78.9 Å². The molecule has 0 bridgehead atoms. The van der Waals surface area contributed by atoms with Crippen molar-refractivity contribution < 1.29 is 4.74 Å². The smallest absolute Gasteiger partial charge is 0.230 e. The van der Waals surface area contributed by atoms with Crippen molar-refractivity contribution in [3.05, 3.63) is 90.3 Å². The molecule has 1 aromatic heterocycles. The lowest BCUT2D eigenvalue weighted by molar-refractivity contribution is 0.468. The van der Waals surface area contributed by atoms with Gasteiger partial charge in [0.2, 0.25) is 5.88 Å². The van der Waals surface area contributed by atoms with Crippen LogP contribution >= 0.6 is 0 Å². The number of aromatic nitrogens is 2. The van der Waals surface area contributed by atoms with Crippen molar-refractivity contribution in [2.24, 2.45) is 0 Å². The van der Waals surface area contributed by atoms with Gasteiger partial charge in [-0.25, -0.2) is 4.98 Å². The fraction of sp³-hybridized carbons (Fsp3) is 0. The summed E-state index contributed by atoms with van der Waals surface area (Å²) in [6.45, 7) is 0. The maximum absolute atomic E-state index is 6.00. The highest BCUT2D eigenvalue weighted by molar-refractivity contribution is 5.85. The van der Waals surface area contributed by atoms with Gasteiger partial charge < -0.3 is 10.5 Å². The van der Waals surface area contributed by atoms with E-state index in [1.807, 2.05) is 78.9 Å². The van der Waals surface area contributed by atoms with E-state index in [1.165, 1.54) is 0 Å². The normalized spacial score (nSPS) is 11.1. The van der Waals surface area contributed by atoms with Crippen LogP contribution < -0.4 is 10.5 Å². The summed E-state index contributed by atoms with van der Waals surface area (Å²) in [5.74, 6) is 1.80. The Morgan fingerprint density at radius 1 is 0.731 bits per heavy atom. The molecule has 0 amide bonds. The number of fused-ring (bicyclic) bond motifs is 1. The van der Waals surface area contributed by atoms with Gasteiger partial charge in [-0.15, -0.1) is 0 Å². The van der Waals surface area contributed by atoms with Gasteiger partial charge in [0, 0.05) is 5.69 Å². The number of benzene rings is 3. The van der Waals surface area contributed by atoms with E-state index in [9.17, 15) is 0 Å². The van der Waals surface area contributed by atoms with Crippen LogP contribution in [0.25, 0.3) is 23.1 Å². The number of nitrogens with two attached hydrogens (primary N) is 1. The van der Waals surface area contributed by atoms with Gasteiger partial charge in [-0.1, -0.05) is 48.5 Å². The number of para-hydroxylation sites is 1. The molecule has 0 saturated heterocycles. The molecule has 0 aliphatic carbocycles. The number of rotatable bonds is 4. The van der Waals surface area contributed by atoms with E-state index in [2.05, 4.69) is 9.97 Å². The van der Waals surface area contributed by atoms with Gasteiger partial charge in [0.05, 0.1) is 10.9 Å². The average Bonchev–Trinajstić information content (AvgIpc) is 2.69. The first-order chi connectivity index (χ1) is 12.8. The van der Waals surface area contributed by atoms with Crippen molar-refractivity contribution in [2.45, 2.75) is 0 Å². The van der Waals surface area contributed by atoms with E-state index in [1.54, 1.807) is 12.1 Å². The Morgan fingerprint density at radius 2 is 1.46 bits per heavy atom. The van der Waals surface area contributed by atoms with Crippen molar-refractivity contribution in [3.8, 4) is 11.6 Å². The predicted molar refractivity (Wildman–Crippen MR) is 106 cm³/mol. The van der Waals surface area contributed by atoms with Crippen LogP contribution in [0, 0.1) is 0 Å². The monoisotopic (exact) mass is 339 g/mol. The third-order valence-electron chi connectivity index (χ3n) is 3.90. The summed E-state index contributed by atoms with van der Waals surface area (Å²) >= 11 is 0. The van der Waals surface area contributed by atoms with Gasteiger partial charge in [-0.2, -0.15) is 4.98 Å². The van der Waals surface area contributed by atoms with Crippen LogP contribution in [0.2, 0.25) is 0 Å². The fourth-order valence-corrected chi connectivity index (χ4v) is 2.60. The molecular formula is C22H17N3O. The number of nitrogens with zero attached hydrogens (tertiary/aromatic N) is 2. The van der Waals surface area contributed by atoms with Crippen LogP contribution in [0.3, 0.4) is 0 Å². The van der Waals surface area contributed by atoms with Gasteiger partial charge in [0.25, 0.3) is 0 Å². The molecule has 0 fully saturated rings. The highest BCUT2D eigenvalue weighted by atomic mass is 16.5. The summed E-state index contributed by atoms with van der Waals surface area (Å²) in [5.41, 5.74) is 8.35. The molecule has 4 nitrogen and oxygen atoms in total. The molecule has 0 unspecified atom stereocenters. The minimum Gasteiger partial charge on any atom is -0.438 e. The third-order valence-corrected chi connectivity index (χ3v) is 3.90. The number of hydrogen-bond acceptors (Lipinski definition) is 4. The van der Waals surface area contributed by atoms with Gasteiger partial charge in [-0.3, -0.25) is 0 Å². The molecule has 0 atom stereocenters. The Bertz CT molecular complexity index is 1060. The maximum atomic E-state index is 6.00. The molecule has 0 radical (unpaired) electrons. The lowest BCUT2D eigenvalue weighted by atomic mass is 10.2. The molecule has 0 saturated carbocycles. The fourth-order valence-electron chi connectivity index (χ4n) is 2.60. The Labute approximate surface area is 151 Å². The Morgan fingerprint density at radius 3 is 2.27 bits per heavy atom. The second-order valence-corrected chi connectivity index (χ2v) is 5.82. The summed E-state index contributed by atoms with van der Waals surface area (Å²) in [6.07, 6.45) is 3.87. The number of hydrogen-bond donors (Lipinski definition) is 1. The van der Waals surface area contributed by atoms with Crippen molar-refractivity contribution >= 4 is 28.7 Å². The average molecular weight is 339 g/mol. The molecule has 0 spiro atoms. The third kappa shape index (κ3) is 3.54. The zero-order valence-electron chi connectivity index (χ0n) is 14.0. The molecule has 1 heterocycles. The SMILES string of the molecule is Nc1ccc(Oc2nc(/C=C/c3ccccc3)nc3ccccc23)cc1. The minimum absolute atomic E-state index is 0.521. The van der Waals surface area contributed by atoms with Crippen LogP contribution in [-0.2, 0) is 0 Å². The van der Waals surface area contributed by atoms with Crippen LogP contribution in [0.5, 0.6) is 11.6 Å². The summed E-state index contributed by atoms with van der Waals surface area (Å²) in [6, 6.07) is 25.1. The summed E-state index contributed by atoms with van der Waals surface area (Å²) in [5, 5.41) is 0.862. The van der Waals surface area contributed by atoms with Crippen molar-refractivity contribution in [1.29, 1.82) is 0 Å². The molecule has 2 N–H and O–H groups in total. The molecule has 4 rings (SSSR count). The molecule has 4 aromatic rings. The van der Waals surface area contributed by atoms with E-state index < -0.39 is 0 Å². The lowest BCUT2D eigenvalue weighted by Crippen LogP contribution is -1.95. The van der Waals surface area contributed by atoms with Crippen molar-refractivity contribution in [3.63, 3.8) is 0 Å². The number of ether oxygens (including phenoxy) is 1. The first-order valence-electron chi connectivity index (χ1n) is 8.31. The van der Waals surface area contributed by atoms with E-state index in [4.69, 9.17) is 10.5 Å². The first-order valence-corrected chi connectivity index (χ1v) is 8.31. The number of nitrogen functional groups attached to an aromatic ring is 1. The highest BCUT2D eigenvalue weighted by Gasteiger charge is 2.08. The van der Waals surface area contributed by atoms with Crippen molar-refractivity contribution in [1.82, 2.24) is 9.97 Å². The van der Waals surface area contributed by atoms with E-state index in [-0.39, 0.29) is 0 Å². The van der Waals surface area contributed by atoms with Gasteiger partial charge >= 0.3 is 0 Å². The van der Waals surface area contributed by atoms with Crippen LogP contribution in [0.4, 0.5) is 5.69 Å². The second-order valence-electron chi connectivity index (χ2n) is 5.82. The Kier molecular flexibility index (Phi) is 4.31. The predicted octanol–water partition coefficient (Wildman–Crippen LogP) is 5.17.